The second-order valence-electron chi connectivity index (χ2n) is 12.7. The van der Waals surface area contributed by atoms with Gasteiger partial charge in [-0.2, -0.15) is 0 Å². The average Bonchev–Trinajstić information content (AvgIpc) is 3.58. The van der Waals surface area contributed by atoms with Gasteiger partial charge in [0.25, 0.3) is 5.56 Å². The van der Waals surface area contributed by atoms with Crippen molar-refractivity contribution in [1.82, 2.24) is 14.1 Å². The van der Waals surface area contributed by atoms with E-state index in [-0.39, 0.29) is 12.6 Å². The number of carbonyl (C=O) groups is 1. The van der Waals surface area contributed by atoms with Gasteiger partial charge in [-0.1, -0.05) is 30.3 Å². The Morgan fingerprint density at radius 3 is 2.51 bits per heavy atom. The molecule has 1 aliphatic carbocycles. The Morgan fingerprint density at radius 1 is 1.16 bits per heavy atom. The van der Waals surface area contributed by atoms with Crippen LogP contribution in [0, 0.1) is 6.92 Å². The number of ether oxygens (including phenoxy) is 2. The number of aliphatic hydroxyl groups is 1. The predicted molar refractivity (Wildman–Crippen MR) is 164 cm³/mol. The van der Waals surface area contributed by atoms with Gasteiger partial charge in [0.1, 0.15) is 22.1 Å². The second-order valence-corrected chi connectivity index (χ2v) is 13.7. The van der Waals surface area contributed by atoms with Crippen LogP contribution in [0.3, 0.4) is 0 Å². The number of aliphatic hydroxyl groups excluding tert-OH is 1. The molecule has 0 radical (unpaired) electrons. The molecule has 11 heteroatoms. The zero-order chi connectivity index (χ0) is 31.1. The number of aromatic nitrogens is 3. The minimum atomic E-state index is -1.62. The molecule has 0 saturated heterocycles. The van der Waals surface area contributed by atoms with Crippen LogP contribution in [0.15, 0.2) is 56.9 Å². The van der Waals surface area contributed by atoms with Crippen molar-refractivity contribution in [2.75, 3.05) is 0 Å². The SMILES string of the molecule is Cc1c(-c2cnco2)sc2c1c(=O)n(C(C)(C)C(=O)OC(C)(C)C)c(=O)n2C[C@H](OC1CCCC(O)C1)c1ccccc1. The van der Waals surface area contributed by atoms with Crippen LogP contribution in [0.1, 0.15) is 77.5 Å². The molecule has 1 N–H and O–H groups in total. The Morgan fingerprint density at radius 2 is 1.88 bits per heavy atom. The van der Waals surface area contributed by atoms with E-state index in [2.05, 4.69) is 4.98 Å². The predicted octanol–water partition coefficient (Wildman–Crippen LogP) is 5.33. The number of hydrogen-bond acceptors (Lipinski definition) is 9. The molecule has 4 aromatic rings. The molecule has 0 amide bonds. The number of oxazole rings is 1. The van der Waals surface area contributed by atoms with Gasteiger partial charge in [-0.05, 0) is 78.4 Å². The Hall–Kier alpha value is -3.54. The van der Waals surface area contributed by atoms with Crippen LogP contribution in [0.5, 0.6) is 0 Å². The fraction of sp³-hybridized carbons (Fsp3) is 0.500. The fourth-order valence-corrected chi connectivity index (χ4v) is 6.85. The Kier molecular flexibility index (Phi) is 8.52. The van der Waals surface area contributed by atoms with E-state index in [0.717, 1.165) is 29.4 Å². The molecule has 5 rings (SSSR count). The first kappa shape index (κ1) is 30.9. The van der Waals surface area contributed by atoms with E-state index in [0.29, 0.717) is 32.8 Å². The zero-order valence-corrected chi connectivity index (χ0v) is 26.3. The van der Waals surface area contributed by atoms with Crippen LogP contribution in [0.2, 0.25) is 0 Å². The van der Waals surface area contributed by atoms with Crippen LogP contribution in [0.25, 0.3) is 20.9 Å². The summed E-state index contributed by atoms with van der Waals surface area (Å²) in [5.41, 5.74) is -2.19. The lowest BCUT2D eigenvalue weighted by molar-refractivity contribution is -0.164. The maximum absolute atomic E-state index is 14.4. The van der Waals surface area contributed by atoms with Crippen molar-refractivity contribution in [1.29, 1.82) is 0 Å². The van der Waals surface area contributed by atoms with Gasteiger partial charge in [0.05, 0.1) is 35.2 Å². The molecular formula is C32H39N3O7S. The monoisotopic (exact) mass is 609 g/mol. The summed E-state index contributed by atoms with van der Waals surface area (Å²) in [4.78, 5) is 47.2. The van der Waals surface area contributed by atoms with Gasteiger partial charge in [-0.3, -0.25) is 9.36 Å². The largest absolute Gasteiger partial charge is 0.458 e. The van der Waals surface area contributed by atoms with Crippen molar-refractivity contribution in [2.24, 2.45) is 0 Å². The summed E-state index contributed by atoms with van der Waals surface area (Å²) < 4.78 is 20.4. The van der Waals surface area contributed by atoms with E-state index in [1.807, 2.05) is 30.3 Å². The van der Waals surface area contributed by atoms with E-state index in [1.54, 1.807) is 33.9 Å². The molecule has 43 heavy (non-hydrogen) atoms. The number of hydrogen-bond donors (Lipinski definition) is 1. The molecule has 10 nitrogen and oxygen atoms in total. The highest BCUT2D eigenvalue weighted by atomic mass is 32.1. The molecule has 2 unspecified atom stereocenters. The van der Waals surface area contributed by atoms with Crippen molar-refractivity contribution in [3.8, 4) is 10.6 Å². The third kappa shape index (κ3) is 6.25. The molecule has 1 fully saturated rings. The van der Waals surface area contributed by atoms with Gasteiger partial charge in [0.15, 0.2) is 12.2 Å². The summed E-state index contributed by atoms with van der Waals surface area (Å²) in [6.45, 7) is 10.1. The van der Waals surface area contributed by atoms with Gasteiger partial charge in [-0.25, -0.2) is 19.1 Å². The molecule has 1 saturated carbocycles. The van der Waals surface area contributed by atoms with Crippen molar-refractivity contribution < 1.29 is 23.8 Å². The first-order chi connectivity index (χ1) is 20.3. The number of esters is 1. The molecule has 0 spiro atoms. The lowest BCUT2D eigenvalue weighted by Crippen LogP contribution is -2.54. The smallest absolute Gasteiger partial charge is 0.333 e. The molecule has 0 aliphatic heterocycles. The van der Waals surface area contributed by atoms with Crippen LogP contribution in [-0.2, 0) is 26.4 Å². The fourth-order valence-electron chi connectivity index (χ4n) is 5.59. The molecular weight excluding hydrogens is 570 g/mol. The number of fused-ring (bicyclic) bond motifs is 1. The average molecular weight is 610 g/mol. The number of aryl methyl sites for hydroxylation is 1. The standard InChI is InChI=1S/C32H39N3O7S/c1-19-25-27(37)35(32(5,6)29(38)42-31(2,3)4)30(39)34(28(25)43-26(19)23-16-33-18-40-23)17-24(20-11-8-7-9-12-20)41-22-14-10-13-21(36)15-22/h7-9,11-12,16,18,21-22,24,36H,10,13-15,17H2,1-6H3/t21?,22?,24-/m0/s1. The highest BCUT2D eigenvalue weighted by Gasteiger charge is 2.39. The first-order valence-electron chi connectivity index (χ1n) is 14.6. The normalized spacial score (nSPS) is 18.6. The first-order valence-corrected chi connectivity index (χ1v) is 15.4. The topological polar surface area (TPSA) is 126 Å². The van der Waals surface area contributed by atoms with Crippen LogP contribution >= 0.6 is 11.3 Å². The van der Waals surface area contributed by atoms with E-state index in [4.69, 9.17) is 13.9 Å². The summed E-state index contributed by atoms with van der Waals surface area (Å²) in [7, 11) is 0. The summed E-state index contributed by atoms with van der Waals surface area (Å²) in [5.74, 6) is -0.220. The number of thiophene rings is 1. The van der Waals surface area contributed by atoms with Crippen LogP contribution in [-0.4, -0.2) is 43.0 Å². The quantitative estimate of drug-likeness (QED) is 0.266. The van der Waals surface area contributed by atoms with Gasteiger partial charge in [0, 0.05) is 0 Å². The van der Waals surface area contributed by atoms with Crippen LogP contribution in [0.4, 0.5) is 0 Å². The number of carbonyl (C=O) groups excluding carboxylic acids is 1. The van der Waals surface area contributed by atoms with Crippen molar-refractivity contribution >= 4 is 27.5 Å². The van der Waals surface area contributed by atoms with Gasteiger partial charge >= 0.3 is 11.7 Å². The summed E-state index contributed by atoms with van der Waals surface area (Å²) in [5, 5.41) is 10.6. The lowest BCUT2D eigenvalue weighted by atomic mass is 9.94. The molecule has 0 bridgehead atoms. The highest BCUT2D eigenvalue weighted by Crippen LogP contribution is 2.37. The molecule has 3 aromatic heterocycles. The number of benzene rings is 1. The zero-order valence-electron chi connectivity index (χ0n) is 25.5. The van der Waals surface area contributed by atoms with Crippen molar-refractivity contribution in [3.63, 3.8) is 0 Å². The van der Waals surface area contributed by atoms with E-state index in [1.165, 1.54) is 36.1 Å². The summed E-state index contributed by atoms with van der Waals surface area (Å²) in [6.07, 6.45) is 4.56. The van der Waals surface area contributed by atoms with Gasteiger partial charge < -0.3 is 19.0 Å². The summed E-state index contributed by atoms with van der Waals surface area (Å²) in [6, 6.07) is 9.59. The molecule has 230 valence electrons. The second kappa shape index (κ2) is 11.9. The van der Waals surface area contributed by atoms with Crippen molar-refractivity contribution in [3.05, 3.63) is 74.9 Å². The minimum absolute atomic E-state index is 0.0758. The highest BCUT2D eigenvalue weighted by molar-refractivity contribution is 7.22. The number of rotatable bonds is 8. The molecule has 1 aromatic carbocycles. The maximum Gasteiger partial charge on any atom is 0.333 e. The van der Waals surface area contributed by atoms with E-state index < -0.39 is 40.6 Å². The molecule has 3 atom stereocenters. The Balaban J connectivity index is 1.72. The van der Waals surface area contributed by atoms with Crippen LogP contribution < -0.4 is 11.2 Å². The third-order valence-electron chi connectivity index (χ3n) is 7.80. The lowest BCUT2D eigenvalue weighted by Gasteiger charge is -2.32. The third-order valence-corrected chi connectivity index (χ3v) is 9.13. The van der Waals surface area contributed by atoms with E-state index >= 15 is 0 Å². The molecule has 3 heterocycles. The van der Waals surface area contributed by atoms with Crippen molar-refractivity contribution in [2.45, 2.75) is 103 Å². The molecule has 1 aliphatic rings. The van der Waals surface area contributed by atoms with Gasteiger partial charge in [-0.15, -0.1) is 11.3 Å². The van der Waals surface area contributed by atoms with Gasteiger partial charge in [0.2, 0.25) is 0 Å². The maximum atomic E-state index is 14.4. The number of nitrogens with zero attached hydrogens (tertiary/aromatic N) is 3. The Bertz CT molecular complexity index is 1710. The summed E-state index contributed by atoms with van der Waals surface area (Å²) >= 11 is 1.26. The van der Waals surface area contributed by atoms with E-state index in [9.17, 15) is 19.5 Å². The minimum Gasteiger partial charge on any atom is -0.458 e. The Labute approximate surface area is 253 Å².